The zero-order chi connectivity index (χ0) is 69.8. The molecular weight excluding hydrogens is 1350 g/mol. The van der Waals surface area contributed by atoms with E-state index in [0.29, 0.717) is 34.9 Å². The van der Waals surface area contributed by atoms with E-state index >= 15 is 0 Å². The molecule has 0 amide bonds. The van der Waals surface area contributed by atoms with Gasteiger partial charge in [0.05, 0.1) is 20.4 Å². The first kappa shape index (κ1) is 60.8. The fourth-order valence-corrected chi connectivity index (χ4v) is 16.6. The molecule has 0 saturated carbocycles. The van der Waals surface area contributed by atoms with E-state index in [2.05, 4.69) is 158 Å². The van der Waals surface area contributed by atoms with Gasteiger partial charge in [-0.3, -0.25) is 0 Å². The minimum Gasteiger partial charge on any atom is -0.456 e. The van der Waals surface area contributed by atoms with Gasteiger partial charge in [-0.2, -0.15) is 0 Å². The molecule has 12 nitrogen and oxygen atoms in total. The minimum absolute atomic E-state index is 0.565. The summed E-state index contributed by atoms with van der Waals surface area (Å²) in [5.41, 5.74) is 20.0. The van der Waals surface area contributed by atoms with E-state index in [0.717, 1.165) is 176 Å². The van der Waals surface area contributed by atoms with E-state index in [4.69, 9.17) is 57.5 Å². The van der Waals surface area contributed by atoms with Crippen LogP contribution in [0.5, 0.6) is 0 Å². The first-order chi connectivity index (χ1) is 52.5. The highest BCUT2D eigenvalue weighted by atomic mass is 32.1. The predicted molar refractivity (Wildman–Crippen MR) is 429 cm³/mol. The van der Waals surface area contributed by atoms with Crippen molar-refractivity contribution in [1.29, 1.82) is 0 Å². The van der Waals surface area contributed by atoms with Crippen LogP contribution in [0, 0.1) is 0 Å². The van der Waals surface area contributed by atoms with Crippen LogP contribution in [0.3, 0.4) is 0 Å². The van der Waals surface area contributed by atoms with E-state index in [-0.39, 0.29) is 0 Å². The topological polar surface area (TPSA) is 156 Å². The summed E-state index contributed by atoms with van der Waals surface area (Å²) in [6.07, 6.45) is 0. The Morgan fingerprint density at radius 1 is 0.198 bits per heavy atom. The van der Waals surface area contributed by atoms with Crippen LogP contribution in [0.4, 0.5) is 0 Å². The molecule has 0 radical (unpaired) electrons. The molecule has 0 atom stereocenters. The maximum atomic E-state index is 6.72. The van der Waals surface area contributed by atoms with E-state index in [1.54, 1.807) is 22.7 Å². The quantitative estimate of drug-likeness (QED) is 0.128. The molecule has 14 aromatic carbocycles. The summed E-state index contributed by atoms with van der Waals surface area (Å²) in [4.78, 5) is 40.5. The van der Waals surface area contributed by atoms with E-state index < -0.39 is 0 Å². The second-order valence-electron chi connectivity index (χ2n) is 26.0. The molecule has 0 saturated heterocycles. The van der Waals surface area contributed by atoms with Crippen LogP contribution >= 0.6 is 22.7 Å². The van der Waals surface area contributed by atoms with E-state index in [9.17, 15) is 0 Å². The number of benzene rings is 14. The summed E-state index contributed by atoms with van der Waals surface area (Å²) in [6.45, 7) is 0. The average Bonchev–Trinajstić information content (AvgIpc) is 1.57. The normalized spacial score (nSPS) is 11.8. The number of hydrogen-bond donors (Lipinski definition) is 0. The Labute approximate surface area is 611 Å². The number of para-hydroxylation sites is 6. The molecule has 0 N–H and O–H groups in total. The monoisotopic (exact) mass is 1400 g/mol. The lowest BCUT2D eigenvalue weighted by Gasteiger charge is -2.10. The van der Waals surface area contributed by atoms with Crippen LogP contribution in [-0.4, -0.2) is 39.9 Å². The van der Waals surface area contributed by atoms with Crippen LogP contribution in [0.15, 0.2) is 333 Å². The number of aromatic nitrogens is 8. The number of fused-ring (bicyclic) bond motifs is 14. The van der Waals surface area contributed by atoms with Gasteiger partial charge in [-0.25, -0.2) is 39.9 Å². The molecule has 0 unspecified atom stereocenters. The highest BCUT2D eigenvalue weighted by Gasteiger charge is 2.25. The fourth-order valence-electron chi connectivity index (χ4n) is 14.7. The third-order valence-corrected chi connectivity index (χ3v) is 21.7. The van der Waals surface area contributed by atoms with Crippen molar-refractivity contribution in [1.82, 2.24) is 39.9 Å². The Balaban J connectivity index is 0.000000136. The standard InChI is InChI=1S/2C46H26N4O2S/c1-2-12-27(13-3-1)43-48-44(33-19-10-23-37-40(33)31-16-4-6-22-36(31)51-37)50-45(49-43)34-20-11-24-38-41(34)32-18-9-17-30(42(32)52-38)28-14-8-15-29(26-28)46-47-35-21-5-7-25-39(35)53-46;1-2-11-27(12-3-1)43-48-44(29-23-24-38-35(26-29)32-15-4-6-20-37(32)51-38)50-45(49-43)34-18-10-21-39-41(34)33-17-9-16-31(42(33)52-39)28-13-8-14-30(25-28)46-47-36-19-5-7-22-40(36)53-46/h2*1-26H. The largest absolute Gasteiger partial charge is 0.456 e. The van der Waals surface area contributed by atoms with Crippen LogP contribution in [0.1, 0.15) is 0 Å². The van der Waals surface area contributed by atoms with Crippen molar-refractivity contribution < 1.29 is 17.7 Å². The Morgan fingerprint density at radius 2 is 0.547 bits per heavy atom. The second kappa shape index (κ2) is 25.0. The van der Waals surface area contributed by atoms with Gasteiger partial charge in [0.2, 0.25) is 0 Å². The van der Waals surface area contributed by atoms with Gasteiger partial charge in [-0.05, 0) is 96.1 Å². The zero-order valence-corrected chi connectivity index (χ0v) is 57.7. The van der Waals surface area contributed by atoms with Crippen molar-refractivity contribution in [2.75, 3.05) is 0 Å². The molecule has 0 spiro atoms. The van der Waals surface area contributed by atoms with E-state index in [1.165, 1.54) is 9.40 Å². The fraction of sp³-hybridized carbons (Fsp3) is 0. The van der Waals surface area contributed by atoms with Crippen LogP contribution in [0.25, 0.3) is 220 Å². The number of rotatable bonds is 10. The minimum atomic E-state index is 0.565. The highest BCUT2D eigenvalue weighted by Crippen LogP contribution is 2.46. The van der Waals surface area contributed by atoms with Gasteiger partial charge in [-0.1, -0.05) is 231 Å². The molecule has 106 heavy (non-hydrogen) atoms. The lowest BCUT2D eigenvalue weighted by molar-refractivity contribution is 0.668. The molecule has 0 fully saturated rings. The summed E-state index contributed by atoms with van der Waals surface area (Å²) in [7, 11) is 0. The Morgan fingerprint density at radius 3 is 1.08 bits per heavy atom. The van der Waals surface area contributed by atoms with Crippen molar-refractivity contribution in [3.8, 4) is 112 Å². The summed E-state index contributed by atoms with van der Waals surface area (Å²) < 4.78 is 28.2. The number of hydrogen-bond acceptors (Lipinski definition) is 14. The average molecular weight is 1400 g/mol. The van der Waals surface area contributed by atoms with Crippen molar-refractivity contribution in [2.45, 2.75) is 0 Å². The molecule has 14 heteroatoms. The first-order valence-corrected chi connectivity index (χ1v) is 36.4. The van der Waals surface area contributed by atoms with E-state index in [1.807, 2.05) is 158 Å². The Hall–Kier alpha value is -13.9. The van der Waals surface area contributed by atoms with Gasteiger partial charge in [0.15, 0.2) is 34.9 Å². The second-order valence-corrected chi connectivity index (χ2v) is 28.1. The van der Waals surface area contributed by atoms with Crippen molar-refractivity contribution >= 4 is 131 Å². The third kappa shape index (κ3) is 10.5. The van der Waals surface area contributed by atoms with Crippen molar-refractivity contribution in [2.24, 2.45) is 0 Å². The smallest absolute Gasteiger partial charge is 0.164 e. The maximum absolute atomic E-state index is 6.72. The Kier molecular flexibility index (Phi) is 14.3. The number of furan rings is 4. The molecule has 22 rings (SSSR count). The lowest BCUT2D eigenvalue weighted by atomic mass is 9.99. The molecule has 0 bridgehead atoms. The summed E-state index contributed by atoms with van der Waals surface area (Å²) >= 11 is 3.41. The predicted octanol–water partition coefficient (Wildman–Crippen LogP) is 25.2. The summed E-state index contributed by atoms with van der Waals surface area (Å²) in [6, 6.07) is 107. The SMILES string of the molecule is c1ccc(-c2nc(-c3ccc4oc5ccccc5c4c3)nc(-c3cccc4oc5c(-c6cccc(-c7nc8ccccc8s7)c6)cccc5c34)n2)cc1.c1ccc(-c2nc(-c3cccc4oc5ccccc5c34)nc(-c3cccc4oc5c(-c6cccc(-c7nc8ccccc8s7)c6)cccc5c34)n2)cc1. The molecule has 8 aromatic heterocycles. The molecular formula is C92H52N8O4S2. The summed E-state index contributed by atoms with van der Waals surface area (Å²) in [5.74, 6) is 3.48. The molecule has 496 valence electrons. The Bertz CT molecular complexity index is 7190. The molecule has 0 aliphatic rings. The van der Waals surface area contributed by atoms with Crippen LogP contribution in [-0.2, 0) is 0 Å². The van der Waals surface area contributed by atoms with Gasteiger partial charge >= 0.3 is 0 Å². The third-order valence-electron chi connectivity index (χ3n) is 19.6. The van der Waals surface area contributed by atoms with Crippen LogP contribution in [0.2, 0.25) is 0 Å². The maximum Gasteiger partial charge on any atom is 0.164 e. The molecule has 0 aliphatic heterocycles. The van der Waals surface area contributed by atoms with Gasteiger partial charge in [0.1, 0.15) is 54.7 Å². The van der Waals surface area contributed by atoms with Crippen molar-refractivity contribution in [3.05, 3.63) is 315 Å². The molecule has 8 heterocycles. The van der Waals surface area contributed by atoms with Gasteiger partial charge in [0, 0.05) is 98.7 Å². The zero-order valence-electron chi connectivity index (χ0n) is 56.0. The van der Waals surface area contributed by atoms with Gasteiger partial charge < -0.3 is 17.7 Å². The van der Waals surface area contributed by atoms with Crippen LogP contribution < -0.4 is 0 Å². The first-order valence-electron chi connectivity index (χ1n) is 34.8. The molecule has 0 aliphatic carbocycles. The lowest BCUT2D eigenvalue weighted by Crippen LogP contribution is -2.00. The molecule has 22 aromatic rings. The number of thiazole rings is 2. The van der Waals surface area contributed by atoms with Crippen molar-refractivity contribution in [3.63, 3.8) is 0 Å². The van der Waals surface area contributed by atoms with Gasteiger partial charge in [-0.15, -0.1) is 22.7 Å². The number of nitrogens with zero attached hydrogens (tertiary/aromatic N) is 8. The highest BCUT2D eigenvalue weighted by molar-refractivity contribution is 7.22. The summed E-state index contributed by atoms with van der Waals surface area (Å²) in [5, 5.41) is 9.94. The van der Waals surface area contributed by atoms with Gasteiger partial charge in [0.25, 0.3) is 0 Å².